The first-order valence-corrected chi connectivity index (χ1v) is 7.66. The molecule has 0 spiro atoms. The van der Waals surface area contributed by atoms with Crippen LogP contribution in [0.1, 0.15) is 22.3 Å². The highest BCUT2D eigenvalue weighted by atomic mass is 16.5. The van der Waals surface area contributed by atoms with Gasteiger partial charge in [0.1, 0.15) is 11.5 Å². The van der Waals surface area contributed by atoms with Gasteiger partial charge in [0.2, 0.25) is 0 Å². The molecule has 1 aliphatic rings. The summed E-state index contributed by atoms with van der Waals surface area (Å²) in [5, 5.41) is 11.0. The van der Waals surface area contributed by atoms with E-state index in [1.54, 1.807) is 14.2 Å². The van der Waals surface area contributed by atoms with Crippen molar-refractivity contribution in [2.24, 2.45) is 0 Å². The van der Waals surface area contributed by atoms with Gasteiger partial charge in [-0.2, -0.15) is 5.26 Å². The van der Waals surface area contributed by atoms with Crippen LogP contribution in [0.4, 0.5) is 0 Å². The molecule has 0 saturated heterocycles. The van der Waals surface area contributed by atoms with E-state index in [0.29, 0.717) is 5.56 Å². The summed E-state index contributed by atoms with van der Waals surface area (Å²) < 4.78 is 11.0. The summed E-state index contributed by atoms with van der Waals surface area (Å²) >= 11 is 0. The molecule has 116 valence electrons. The second kappa shape index (κ2) is 5.43. The van der Waals surface area contributed by atoms with Crippen molar-refractivity contribution in [1.29, 1.82) is 5.26 Å². The number of hydrogen-bond acceptors (Lipinski definition) is 3. The fraction of sp³-hybridized carbons (Fsp3) is 0.0952. The molecule has 0 N–H and O–H groups in total. The Morgan fingerprint density at radius 3 is 1.83 bits per heavy atom. The topological polar surface area (TPSA) is 42.2 Å². The van der Waals surface area contributed by atoms with Gasteiger partial charge in [-0.15, -0.1) is 0 Å². The number of rotatable bonds is 3. The summed E-state index contributed by atoms with van der Waals surface area (Å²) in [6, 6.07) is 17.9. The largest absolute Gasteiger partial charge is 0.496 e. The summed E-state index contributed by atoms with van der Waals surface area (Å²) in [7, 11) is 3.36. The van der Waals surface area contributed by atoms with E-state index in [4.69, 9.17) is 14.7 Å². The van der Waals surface area contributed by atoms with E-state index in [1.807, 2.05) is 36.4 Å². The molecule has 0 heterocycles. The first-order valence-electron chi connectivity index (χ1n) is 7.66. The van der Waals surface area contributed by atoms with Crippen LogP contribution in [0, 0.1) is 11.3 Å². The quantitative estimate of drug-likeness (QED) is 0.554. The Balaban J connectivity index is 1.80. The van der Waals surface area contributed by atoms with Crippen LogP contribution in [0.15, 0.2) is 48.5 Å². The van der Waals surface area contributed by atoms with E-state index in [1.165, 1.54) is 16.7 Å². The molecule has 0 saturated carbocycles. The molecule has 3 heteroatoms. The van der Waals surface area contributed by atoms with Crippen LogP contribution < -0.4 is 9.47 Å². The lowest BCUT2D eigenvalue weighted by Gasteiger charge is -2.08. The molecule has 0 radical (unpaired) electrons. The molecule has 3 nitrogen and oxygen atoms in total. The highest BCUT2D eigenvalue weighted by Crippen LogP contribution is 2.48. The van der Waals surface area contributed by atoms with Crippen LogP contribution in [0.5, 0.6) is 11.5 Å². The fourth-order valence-corrected chi connectivity index (χ4v) is 3.06. The summed E-state index contributed by atoms with van der Waals surface area (Å²) in [5.74, 6) is 1.69. The summed E-state index contributed by atoms with van der Waals surface area (Å²) in [4.78, 5) is 0. The van der Waals surface area contributed by atoms with E-state index < -0.39 is 0 Å². The van der Waals surface area contributed by atoms with E-state index in [-0.39, 0.29) is 0 Å². The molecule has 3 aromatic rings. The zero-order chi connectivity index (χ0) is 16.7. The summed E-state index contributed by atoms with van der Waals surface area (Å²) in [5.41, 5.74) is 5.45. The van der Waals surface area contributed by atoms with E-state index in [0.717, 1.165) is 27.8 Å². The average molecular weight is 313 g/mol. The molecular weight excluding hydrogens is 298 g/mol. The predicted molar refractivity (Wildman–Crippen MR) is 95.2 cm³/mol. The number of ether oxygens (including phenoxy) is 2. The lowest BCUT2D eigenvalue weighted by atomic mass is 10.1. The van der Waals surface area contributed by atoms with Crippen molar-refractivity contribution in [3.63, 3.8) is 0 Å². The third kappa shape index (κ3) is 2.21. The van der Waals surface area contributed by atoms with Gasteiger partial charge < -0.3 is 9.47 Å². The van der Waals surface area contributed by atoms with Gasteiger partial charge in [-0.1, -0.05) is 12.1 Å². The first-order chi connectivity index (χ1) is 11.7. The minimum atomic E-state index is 0.672. The number of hydrogen-bond donors (Lipinski definition) is 0. The second-order valence-electron chi connectivity index (χ2n) is 5.71. The lowest BCUT2D eigenvalue weighted by Crippen LogP contribution is -1.88. The molecular formula is C21H15NO2. The zero-order valence-corrected chi connectivity index (χ0v) is 13.5. The highest BCUT2D eigenvalue weighted by Gasteiger charge is 2.27. The van der Waals surface area contributed by atoms with Gasteiger partial charge in [0, 0.05) is 10.8 Å². The van der Waals surface area contributed by atoms with Crippen molar-refractivity contribution in [2.45, 2.75) is 0 Å². The normalized spacial score (nSPS) is 11.6. The molecule has 0 amide bonds. The maximum absolute atomic E-state index is 8.88. The molecule has 4 rings (SSSR count). The second-order valence-corrected chi connectivity index (χ2v) is 5.71. The van der Waals surface area contributed by atoms with E-state index in [9.17, 15) is 0 Å². The third-order valence-electron chi connectivity index (χ3n) is 4.38. The van der Waals surface area contributed by atoms with Crippen molar-refractivity contribution in [1.82, 2.24) is 0 Å². The Kier molecular flexibility index (Phi) is 3.25. The smallest absolute Gasteiger partial charge is 0.126 e. The minimum Gasteiger partial charge on any atom is -0.496 e. The van der Waals surface area contributed by atoms with Gasteiger partial charge in [0.25, 0.3) is 0 Å². The van der Waals surface area contributed by atoms with Crippen LogP contribution in [-0.4, -0.2) is 14.2 Å². The molecule has 0 aliphatic heterocycles. The molecule has 0 fully saturated rings. The van der Waals surface area contributed by atoms with Gasteiger partial charge in [-0.05, 0) is 64.7 Å². The molecule has 0 bridgehead atoms. The van der Waals surface area contributed by atoms with Gasteiger partial charge in [0.15, 0.2) is 0 Å². The third-order valence-corrected chi connectivity index (χ3v) is 4.38. The lowest BCUT2D eigenvalue weighted by molar-refractivity contribution is 0.410. The van der Waals surface area contributed by atoms with Crippen molar-refractivity contribution in [2.75, 3.05) is 14.2 Å². The molecule has 3 aromatic carbocycles. The van der Waals surface area contributed by atoms with Gasteiger partial charge in [-0.3, -0.25) is 0 Å². The van der Waals surface area contributed by atoms with E-state index >= 15 is 0 Å². The van der Waals surface area contributed by atoms with Crippen molar-refractivity contribution in [3.8, 4) is 17.6 Å². The fourth-order valence-electron chi connectivity index (χ4n) is 3.06. The Morgan fingerprint density at radius 1 is 0.833 bits per heavy atom. The van der Waals surface area contributed by atoms with Crippen LogP contribution >= 0.6 is 0 Å². The number of fused-ring (bicyclic) bond motifs is 2. The average Bonchev–Trinajstić information content (AvgIpc) is 3.31. The van der Waals surface area contributed by atoms with Gasteiger partial charge in [0.05, 0.1) is 25.9 Å². The van der Waals surface area contributed by atoms with E-state index in [2.05, 4.69) is 24.3 Å². The zero-order valence-electron chi connectivity index (χ0n) is 13.5. The SMILES string of the molecule is COc1ccc(OC)c2cc3c(cc12)C3=Cc1ccc(C#N)cc1. The molecule has 24 heavy (non-hydrogen) atoms. The Hall–Kier alpha value is -3.25. The predicted octanol–water partition coefficient (Wildman–Crippen LogP) is 4.63. The molecule has 0 unspecified atom stereocenters. The van der Waals surface area contributed by atoms with Gasteiger partial charge >= 0.3 is 0 Å². The van der Waals surface area contributed by atoms with Crippen LogP contribution in [0.2, 0.25) is 0 Å². The molecule has 1 aliphatic carbocycles. The summed E-state index contributed by atoms with van der Waals surface area (Å²) in [6.45, 7) is 0. The monoisotopic (exact) mass is 313 g/mol. The molecule has 0 atom stereocenters. The highest BCUT2D eigenvalue weighted by molar-refractivity contribution is 6.13. The van der Waals surface area contributed by atoms with Crippen molar-refractivity contribution in [3.05, 3.63) is 70.8 Å². The number of methoxy groups -OCH3 is 2. The maximum Gasteiger partial charge on any atom is 0.126 e. The number of nitriles is 1. The first kappa shape index (κ1) is 14.3. The van der Waals surface area contributed by atoms with Crippen LogP contribution in [-0.2, 0) is 0 Å². The number of benzene rings is 3. The summed E-state index contributed by atoms with van der Waals surface area (Å²) in [6.07, 6.45) is 2.14. The Bertz CT molecular complexity index is 972. The van der Waals surface area contributed by atoms with Crippen LogP contribution in [0.3, 0.4) is 0 Å². The van der Waals surface area contributed by atoms with Crippen LogP contribution in [0.25, 0.3) is 22.4 Å². The Morgan fingerprint density at radius 2 is 1.38 bits per heavy atom. The standard InChI is InChI=1S/C21H15NO2/c1-23-20-7-8-21(24-2)19-11-17-15(16(17)10-18(19)20)9-13-3-5-14(12-22)6-4-13/h3-11H,1-2H3. The van der Waals surface area contributed by atoms with Crippen molar-refractivity contribution >= 4 is 22.4 Å². The Labute approximate surface area is 140 Å². The minimum absolute atomic E-state index is 0.672. The molecule has 0 aromatic heterocycles. The number of nitrogens with zero attached hydrogens (tertiary/aromatic N) is 1. The van der Waals surface area contributed by atoms with Gasteiger partial charge in [-0.25, -0.2) is 0 Å². The maximum atomic E-state index is 8.88. The van der Waals surface area contributed by atoms with Crippen molar-refractivity contribution < 1.29 is 9.47 Å².